The first kappa shape index (κ1) is 22.3. The monoisotopic (exact) mass is 463 g/mol. The van der Waals surface area contributed by atoms with E-state index in [0.29, 0.717) is 33.9 Å². The van der Waals surface area contributed by atoms with Gasteiger partial charge in [-0.25, -0.2) is 9.97 Å². The smallest absolute Gasteiger partial charge is 0.231 e. The summed E-state index contributed by atoms with van der Waals surface area (Å²) in [5.74, 6) is 1.53. The molecule has 4 rings (SSSR count). The molecular weight excluding hydrogens is 442 g/mol. The number of rotatable bonds is 6. The molecule has 1 aliphatic rings. The van der Waals surface area contributed by atoms with Crippen LogP contribution in [0.25, 0.3) is 0 Å². The molecule has 0 atom stereocenters. The molecule has 33 heavy (non-hydrogen) atoms. The van der Waals surface area contributed by atoms with Crippen molar-refractivity contribution < 1.29 is 9.53 Å². The highest BCUT2D eigenvalue weighted by Gasteiger charge is 2.23. The highest BCUT2D eigenvalue weighted by atomic mass is 35.5. The lowest BCUT2D eigenvalue weighted by Crippen LogP contribution is -2.39. The summed E-state index contributed by atoms with van der Waals surface area (Å²) in [6.07, 6.45) is 3.11. The fourth-order valence-electron chi connectivity index (χ4n) is 3.53. The second-order valence-corrected chi connectivity index (χ2v) is 7.96. The molecule has 1 aliphatic heterocycles. The van der Waals surface area contributed by atoms with Crippen molar-refractivity contribution in [3.05, 3.63) is 59.4 Å². The number of hydrogen-bond acceptors (Lipinski definition) is 8. The van der Waals surface area contributed by atoms with Crippen LogP contribution >= 0.6 is 11.6 Å². The molecule has 0 unspecified atom stereocenters. The van der Waals surface area contributed by atoms with Crippen LogP contribution in [-0.4, -0.2) is 40.1 Å². The molecule has 1 amide bonds. The van der Waals surface area contributed by atoms with E-state index in [4.69, 9.17) is 21.6 Å². The van der Waals surface area contributed by atoms with Crippen molar-refractivity contribution in [3.8, 4) is 11.8 Å². The molecular formula is C23H22ClN7O2. The lowest BCUT2D eigenvalue weighted by molar-refractivity contribution is -0.114. The molecule has 2 heterocycles. The number of nitriles is 1. The van der Waals surface area contributed by atoms with Crippen molar-refractivity contribution >= 4 is 40.8 Å². The lowest BCUT2D eigenvalue weighted by Gasteiger charge is -2.32. The molecule has 0 spiro atoms. The zero-order valence-electron chi connectivity index (χ0n) is 18.0. The number of amides is 1. The first-order valence-corrected chi connectivity index (χ1v) is 10.8. The number of carbonyl (C=O) groups excluding carboxylic acids is 1. The molecule has 0 radical (unpaired) electrons. The van der Waals surface area contributed by atoms with E-state index in [2.05, 4.69) is 30.5 Å². The maximum absolute atomic E-state index is 11.3. The molecule has 1 aromatic heterocycles. The number of nitrogens with one attached hydrogen (secondary N) is 2. The molecule has 10 heteroatoms. The van der Waals surface area contributed by atoms with Crippen LogP contribution < -0.4 is 20.3 Å². The normalized spacial score (nSPS) is 13.8. The van der Waals surface area contributed by atoms with E-state index in [1.54, 1.807) is 18.2 Å². The molecule has 1 saturated heterocycles. The highest BCUT2D eigenvalue weighted by Crippen LogP contribution is 2.26. The second kappa shape index (κ2) is 10.1. The number of halogens is 1. The maximum Gasteiger partial charge on any atom is 0.231 e. The van der Waals surface area contributed by atoms with Gasteiger partial charge in [0.2, 0.25) is 17.8 Å². The zero-order chi connectivity index (χ0) is 23.2. The van der Waals surface area contributed by atoms with Gasteiger partial charge in [0, 0.05) is 50.3 Å². The van der Waals surface area contributed by atoms with Crippen molar-refractivity contribution in [1.29, 1.82) is 5.26 Å². The minimum Gasteiger partial charge on any atom is -0.490 e. The standard InChI is InChI=1S/C23H22ClN7O2/c1-15(32)28-17-3-2-4-18(11-17)29-22-26-14-27-23(30-22)31-9-7-19(8-10-31)33-20-6-5-16(13-25)21(24)12-20/h2-6,11-12,14,19H,7-10H2,1H3,(H,28,32)(H,26,27,29,30). The van der Waals surface area contributed by atoms with Gasteiger partial charge in [-0.05, 0) is 30.3 Å². The Kier molecular flexibility index (Phi) is 6.86. The summed E-state index contributed by atoms with van der Waals surface area (Å²) < 4.78 is 6.05. The quantitative estimate of drug-likeness (QED) is 0.560. The summed E-state index contributed by atoms with van der Waals surface area (Å²) in [5, 5.41) is 15.3. The van der Waals surface area contributed by atoms with Gasteiger partial charge in [-0.3, -0.25) is 4.79 Å². The van der Waals surface area contributed by atoms with Gasteiger partial charge in [0.05, 0.1) is 10.6 Å². The highest BCUT2D eigenvalue weighted by molar-refractivity contribution is 6.31. The third kappa shape index (κ3) is 5.87. The summed E-state index contributed by atoms with van der Waals surface area (Å²) in [5.41, 5.74) is 1.87. The second-order valence-electron chi connectivity index (χ2n) is 7.55. The van der Waals surface area contributed by atoms with Gasteiger partial charge in [-0.2, -0.15) is 10.2 Å². The predicted molar refractivity (Wildman–Crippen MR) is 126 cm³/mol. The fourth-order valence-corrected chi connectivity index (χ4v) is 3.75. The first-order valence-electron chi connectivity index (χ1n) is 10.4. The van der Waals surface area contributed by atoms with Gasteiger partial charge in [0.25, 0.3) is 0 Å². The SMILES string of the molecule is CC(=O)Nc1cccc(Nc2ncnc(N3CCC(Oc4ccc(C#N)c(Cl)c4)CC3)n2)c1. The average Bonchev–Trinajstić information content (AvgIpc) is 2.80. The Labute approximate surface area is 196 Å². The number of ether oxygens (including phenoxy) is 1. The molecule has 0 saturated carbocycles. The number of carbonyl (C=O) groups is 1. The van der Waals surface area contributed by atoms with Crippen LogP contribution in [-0.2, 0) is 4.79 Å². The fraction of sp³-hybridized carbons (Fsp3) is 0.261. The largest absolute Gasteiger partial charge is 0.490 e. The minimum absolute atomic E-state index is 0.0428. The third-order valence-electron chi connectivity index (χ3n) is 5.09. The van der Waals surface area contributed by atoms with Crippen molar-refractivity contribution in [3.63, 3.8) is 0 Å². The number of anilines is 4. The Balaban J connectivity index is 1.35. The van der Waals surface area contributed by atoms with Gasteiger partial charge in [0.1, 0.15) is 24.3 Å². The van der Waals surface area contributed by atoms with Crippen LogP contribution in [0.1, 0.15) is 25.3 Å². The van der Waals surface area contributed by atoms with E-state index in [-0.39, 0.29) is 12.0 Å². The van der Waals surface area contributed by atoms with Crippen molar-refractivity contribution in [1.82, 2.24) is 15.0 Å². The Bertz CT molecular complexity index is 1190. The van der Waals surface area contributed by atoms with Crippen LogP contribution in [0.2, 0.25) is 5.02 Å². The summed E-state index contributed by atoms with van der Waals surface area (Å²) in [6.45, 7) is 2.93. The molecule has 9 nitrogen and oxygen atoms in total. The number of benzene rings is 2. The van der Waals surface area contributed by atoms with E-state index < -0.39 is 0 Å². The Morgan fingerprint density at radius 1 is 1.18 bits per heavy atom. The predicted octanol–water partition coefficient (Wildman–Crippen LogP) is 4.15. The number of piperidine rings is 1. The molecule has 1 fully saturated rings. The Morgan fingerprint density at radius 3 is 2.70 bits per heavy atom. The van der Waals surface area contributed by atoms with Gasteiger partial charge in [0.15, 0.2) is 0 Å². The van der Waals surface area contributed by atoms with Crippen LogP contribution in [0.5, 0.6) is 5.75 Å². The van der Waals surface area contributed by atoms with E-state index >= 15 is 0 Å². The summed E-state index contributed by atoms with van der Waals surface area (Å²) >= 11 is 6.10. The van der Waals surface area contributed by atoms with E-state index in [1.165, 1.54) is 13.3 Å². The molecule has 0 aliphatic carbocycles. The Morgan fingerprint density at radius 2 is 1.97 bits per heavy atom. The van der Waals surface area contributed by atoms with Gasteiger partial charge in [-0.15, -0.1) is 0 Å². The minimum atomic E-state index is -0.135. The topological polar surface area (TPSA) is 116 Å². The molecule has 2 N–H and O–H groups in total. The lowest BCUT2D eigenvalue weighted by atomic mass is 10.1. The van der Waals surface area contributed by atoms with Crippen molar-refractivity contribution in [2.45, 2.75) is 25.9 Å². The molecule has 0 bridgehead atoms. The maximum atomic E-state index is 11.3. The zero-order valence-corrected chi connectivity index (χ0v) is 18.7. The first-order chi connectivity index (χ1) is 16.0. The van der Waals surface area contributed by atoms with Gasteiger partial charge >= 0.3 is 0 Å². The van der Waals surface area contributed by atoms with Crippen LogP contribution in [0, 0.1) is 11.3 Å². The third-order valence-corrected chi connectivity index (χ3v) is 5.40. The van der Waals surface area contributed by atoms with Crippen LogP contribution in [0.4, 0.5) is 23.3 Å². The van der Waals surface area contributed by atoms with Crippen molar-refractivity contribution in [2.75, 3.05) is 28.6 Å². The van der Waals surface area contributed by atoms with Crippen LogP contribution in [0.15, 0.2) is 48.8 Å². The van der Waals surface area contributed by atoms with Crippen molar-refractivity contribution in [2.24, 2.45) is 0 Å². The molecule has 168 valence electrons. The number of hydrogen-bond donors (Lipinski definition) is 2. The molecule has 3 aromatic rings. The molecule has 2 aromatic carbocycles. The van der Waals surface area contributed by atoms with E-state index in [1.807, 2.05) is 30.3 Å². The number of aromatic nitrogens is 3. The summed E-state index contributed by atoms with van der Waals surface area (Å²) in [7, 11) is 0. The van der Waals surface area contributed by atoms with Gasteiger partial charge < -0.3 is 20.3 Å². The Hall–Kier alpha value is -3.90. The summed E-state index contributed by atoms with van der Waals surface area (Å²) in [4.78, 5) is 26.4. The number of nitrogens with zero attached hydrogens (tertiary/aromatic N) is 5. The van der Waals surface area contributed by atoms with E-state index in [9.17, 15) is 4.79 Å². The van der Waals surface area contributed by atoms with Crippen LogP contribution in [0.3, 0.4) is 0 Å². The van der Waals surface area contributed by atoms with E-state index in [0.717, 1.165) is 31.6 Å². The summed E-state index contributed by atoms with van der Waals surface area (Å²) in [6, 6.07) is 14.5. The average molecular weight is 464 g/mol. The van der Waals surface area contributed by atoms with Gasteiger partial charge in [-0.1, -0.05) is 17.7 Å².